The van der Waals surface area contributed by atoms with Gasteiger partial charge in [0.1, 0.15) is 10.7 Å². The predicted molar refractivity (Wildman–Crippen MR) is 73.0 cm³/mol. The van der Waals surface area contributed by atoms with Crippen molar-refractivity contribution in [2.75, 3.05) is 18.9 Å². The quantitative estimate of drug-likeness (QED) is 0.853. The number of aromatic nitrogens is 1. The molecule has 0 aliphatic heterocycles. The molecule has 0 unspecified atom stereocenters. The molecule has 19 heavy (non-hydrogen) atoms. The standard InChI is InChI=1S/C12H18N4O2S/c1-10(2)16(8-4-7-13)19(17,18)11-5-6-12(14-3)15-9-11/h5-6,9-10H,4,8H2,1-3H3,(H,14,15). The highest BCUT2D eigenvalue weighted by atomic mass is 32.2. The van der Waals surface area contributed by atoms with Crippen molar-refractivity contribution in [2.24, 2.45) is 0 Å². The molecule has 104 valence electrons. The molecule has 6 nitrogen and oxygen atoms in total. The van der Waals surface area contributed by atoms with Crippen molar-refractivity contribution in [3.8, 4) is 6.07 Å². The average molecular weight is 282 g/mol. The average Bonchev–Trinajstić information content (AvgIpc) is 2.38. The fourth-order valence-electron chi connectivity index (χ4n) is 1.63. The first-order chi connectivity index (χ1) is 8.93. The Kier molecular flexibility index (Phi) is 5.27. The SMILES string of the molecule is CNc1ccc(S(=O)(=O)N(CCC#N)C(C)C)cn1. The lowest BCUT2D eigenvalue weighted by Gasteiger charge is -2.24. The Hall–Kier alpha value is -1.65. The van der Waals surface area contributed by atoms with E-state index in [1.54, 1.807) is 27.0 Å². The van der Waals surface area contributed by atoms with Gasteiger partial charge in [-0.25, -0.2) is 13.4 Å². The molecule has 1 heterocycles. The van der Waals surface area contributed by atoms with E-state index in [4.69, 9.17) is 5.26 Å². The van der Waals surface area contributed by atoms with Crippen LogP contribution in [-0.2, 0) is 10.0 Å². The number of rotatable bonds is 6. The number of nitrogens with one attached hydrogen (secondary N) is 1. The maximum Gasteiger partial charge on any atom is 0.244 e. The van der Waals surface area contributed by atoms with Crippen molar-refractivity contribution in [2.45, 2.75) is 31.2 Å². The fraction of sp³-hybridized carbons (Fsp3) is 0.500. The minimum Gasteiger partial charge on any atom is -0.373 e. The summed E-state index contributed by atoms with van der Waals surface area (Å²) in [5, 5.41) is 11.4. The predicted octanol–water partition coefficient (Wildman–Crippen LogP) is 1.44. The van der Waals surface area contributed by atoms with Crippen molar-refractivity contribution in [3.05, 3.63) is 18.3 Å². The Labute approximate surface area is 114 Å². The molecular weight excluding hydrogens is 264 g/mol. The molecule has 0 spiro atoms. The molecule has 1 aromatic rings. The van der Waals surface area contributed by atoms with Gasteiger partial charge in [0, 0.05) is 32.3 Å². The van der Waals surface area contributed by atoms with Crippen LogP contribution in [0.2, 0.25) is 0 Å². The number of hydrogen-bond donors (Lipinski definition) is 1. The van der Waals surface area contributed by atoms with E-state index < -0.39 is 10.0 Å². The number of pyridine rings is 1. The van der Waals surface area contributed by atoms with Gasteiger partial charge in [-0.1, -0.05) is 0 Å². The molecule has 0 aromatic carbocycles. The zero-order valence-electron chi connectivity index (χ0n) is 11.3. The van der Waals surface area contributed by atoms with Gasteiger partial charge in [0.2, 0.25) is 10.0 Å². The number of sulfonamides is 1. The van der Waals surface area contributed by atoms with Crippen LogP contribution < -0.4 is 5.32 Å². The molecule has 0 bridgehead atoms. The van der Waals surface area contributed by atoms with Crippen molar-refractivity contribution in [1.82, 2.24) is 9.29 Å². The van der Waals surface area contributed by atoms with E-state index in [-0.39, 0.29) is 23.9 Å². The lowest BCUT2D eigenvalue weighted by atomic mass is 10.3. The largest absolute Gasteiger partial charge is 0.373 e. The highest BCUT2D eigenvalue weighted by Gasteiger charge is 2.26. The Bertz CT molecular complexity index is 546. The molecule has 0 saturated carbocycles. The van der Waals surface area contributed by atoms with Gasteiger partial charge >= 0.3 is 0 Å². The lowest BCUT2D eigenvalue weighted by molar-refractivity contribution is 0.360. The second-order valence-electron chi connectivity index (χ2n) is 4.25. The van der Waals surface area contributed by atoms with Gasteiger partial charge in [-0.15, -0.1) is 0 Å². The number of anilines is 1. The molecule has 0 atom stereocenters. The molecule has 0 aliphatic rings. The van der Waals surface area contributed by atoms with Crippen LogP contribution in [0.4, 0.5) is 5.82 Å². The number of nitrogens with zero attached hydrogens (tertiary/aromatic N) is 3. The van der Waals surface area contributed by atoms with Gasteiger partial charge in [-0.2, -0.15) is 9.57 Å². The summed E-state index contributed by atoms with van der Waals surface area (Å²) in [6.45, 7) is 3.75. The summed E-state index contributed by atoms with van der Waals surface area (Å²) < 4.78 is 26.2. The Balaban J connectivity index is 3.08. The molecule has 0 radical (unpaired) electrons. The van der Waals surface area contributed by atoms with Gasteiger partial charge in [0.15, 0.2) is 0 Å². The van der Waals surface area contributed by atoms with Gasteiger partial charge in [-0.05, 0) is 26.0 Å². The minimum atomic E-state index is -3.61. The van der Waals surface area contributed by atoms with Gasteiger partial charge in [-0.3, -0.25) is 0 Å². The normalized spacial score (nSPS) is 11.6. The maximum absolute atomic E-state index is 12.4. The summed E-state index contributed by atoms with van der Waals surface area (Å²) in [4.78, 5) is 4.14. The van der Waals surface area contributed by atoms with Crippen LogP contribution in [0.5, 0.6) is 0 Å². The second-order valence-corrected chi connectivity index (χ2v) is 6.14. The van der Waals surface area contributed by atoms with E-state index in [1.165, 1.54) is 16.6 Å². The van der Waals surface area contributed by atoms with Gasteiger partial charge < -0.3 is 5.32 Å². The summed E-state index contributed by atoms with van der Waals surface area (Å²) in [5.74, 6) is 0.604. The van der Waals surface area contributed by atoms with Gasteiger partial charge in [0.25, 0.3) is 0 Å². The topological polar surface area (TPSA) is 86.1 Å². The van der Waals surface area contributed by atoms with Crippen LogP contribution in [0.1, 0.15) is 20.3 Å². The van der Waals surface area contributed by atoms with Crippen molar-refractivity contribution in [3.63, 3.8) is 0 Å². The summed E-state index contributed by atoms with van der Waals surface area (Å²) in [6, 6.07) is 4.87. The van der Waals surface area contributed by atoms with Crippen LogP contribution in [0.15, 0.2) is 23.2 Å². The Morgan fingerprint density at radius 3 is 2.58 bits per heavy atom. The zero-order chi connectivity index (χ0) is 14.5. The van der Waals surface area contributed by atoms with Crippen molar-refractivity contribution >= 4 is 15.8 Å². The van der Waals surface area contributed by atoms with E-state index in [9.17, 15) is 8.42 Å². The van der Waals surface area contributed by atoms with Crippen molar-refractivity contribution < 1.29 is 8.42 Å². The van der Waals surface area contributed by atoms with E-state index in [1.807, 2.05) is 6.07 Å². The summed E-state index contributed by atoms with van der Waals surface area (Å²) in [6.07, 6.45) is 1.49. The van der Waals surface area contributed by atoms with Crippen LogP contribution in [0.3, 0.4) is 0 Å². The van der Waals surface area contributed by atoms with E-state index >= 15 is 0 Å². The Morgan fingerprint density at radius 1 is 1.47 bits per heavy atom. The monoisotopic (exact) mass is 282 g/mol. The fourth-order valence-corrected chi connectivity index (χ4v) is 3.22. The summed E-state index contributed by atoms with van der Waals surface area (Å²) in [7, 11) is -1.89. The first kappa shape index (κ1) is 15.4. The van der Waals surface area contributed by atoms with Crippen LogP contribution in [-0.4, -0.2) is 37.3 Å². The first-order valence-electron chi connectivity index (χ1n) is 5.96. The molecule has 1 rings (SSSR count). The van der Waals surface area contributed by atoms with Crippen molar-refractivity contribution in [1.29, 1.82) is 5.26 Å². The smallest absolute Gasteiger partial charge is 0.244 e. The zero-order valence-corrected chi connectivity index (χ0v) is 12.1. The molecule has 1 N–H and O–H groups in total. The van der Waals surface area contributed by atoms with E-state index in [0.717, 1.165) is 0 Å². The highest BCUT2D eigenvalue weighted by molar-refractivity contribution is 7.89. The number of nitriles is 1. The third-order valence-electron chi connectivity index (χ3n) is 2.62. The molecule has 1 aromatic heterocycles. The first-order valence-corrected chi connectivity index (χ1v) is 7.40. The molecule has 0 fully saturated rings. The minimum absolute atomic E-state index is 0.137. The molecule has 0 saturated heterocycles. The number of hydrogen-bond acceptors (Lipinski definition) is 5. The molecular formula is C12H18N4O2S. The van der Waals surface area contributed by atoms with E-state index in [2.05, 4.69) is 10.3 Å². The third kappa shape index (κ3) is 3.66. The van der Waals surface area contributed by atoms with Crippen LogP contribution in [0.25, 0.3) is 0 Å². The second kappa shape index (κ2) is 6.50. The third-order valence-corrected chi connectivity index (χ3v) is 4.68. The van der Waals surface area contributed by atoms with Crippen LogP contribution >= 0.6 is 0 Å². The van der Waals surface area contributed by atoms with E-state index in [0.29, 0.717) is 5.82 Å². The summed E-state index contributed by atoms with van der Waals surface area (Å²) >= 11 is 0. The molecule has 0 aliphatic carbocycles. The summed E-state index contributed by atoms with van der Waals surface area (Å²) in [5.41, 5.74) is 0. The molecule has 0 amide bonds. The molecule has 7 heteroatoms. The van der Waals surface area contributed by atoms with Crippen LogP contribution in [0, 0.1) is 11.3 Å². The Morgan fingerprint density at radius 2 is 2.16 bits per heavy atom. The van der Waals surface area contributed by atoms with Gasteiger partial charge in [0.05, 0.1) is 6.07 Å². The lowest BCUT2D eigenvalue weighted by Crippen LogP contribution is -2.37. The highest BCUT2D eigenvalue weighted by Crippen LogP contribution is 2.18. The maximum atomic E-state index is 12.4.